The summed E-state index contributed by atoms with van der Waals surface area (Å²) in [5.41, 5.74) is 1.68. The van der Waals surface area contributed by atoms with Crippen molar-refractivity contribution in [3.05, 3.63) is 95.7 Å². The zero-order valence-electron chi connectivity index (χ0n) is 14.3. The minimum atomic E-state index is -1.30. The summed E-state index contributed by atoms with van der Waals surface area (Å²) in [4.78, 5) is 23.8. The number of hydrogen-bond acceptors (Lipinski definition) is 3. The molecule has 3 aromatic carbocycles. The molecule has 0 heterocycles. The summed E-state index contributed by atoms with van der Waals surface area (Å²) in [6.45, 7) is 0. The van der Waals surface area contributed by atoms with Crippen LogP contribution < -0.4 is 5.32 Å². The fourth-order valence-corrected chi connectivity index (χ4v) is 2.62. The Morgan fingerprint density at radius 3 is 2.07 bits per heavy atom. The van der Waals surface area contributed by atoms with E-state index in [-0.39, 0.29) is 11.4 Å². The molecular formula is C22H17NO4. The van der Waals surface area contributed by atoms with E-state index >= 15 is 0 Å². The van der Waals surface area contributed by atoms with Crippen molar-refractivity contribution in [3.63, 3.8) is 0 Å². The maximum absolute atomic E-state index is 12.2. The van der Waals surface area contributed by atoms with Crippen LogP contribution in [0.2, 0.25) is 0 Å². The van der Waals surface area contributed by atoms with Crippen LogP contribution in [-0.2, 0) is 4.79 Å². The summed E-state index contributed by atoms with van der Waals surface area (Å²) < 4.78 is 0. The van der Waals surface area contributed by atoms with Gasteiger partial charge in [-0.15, -0.1) is 0 Å². The van der Waals surface area contributed by atoms with Gasteiger partial charge in [-0.1, -0.05) is 66.7 Å². The second-order valence-corrected chi connectivity index (χ2v) is 5.79. The second kappa shape index (κ2) is 8.01. The Morgan fingerprint density at radius 1 is 0.815 bits per heavy atom. The maximum Gasteiger partial charge on any atom is 0.352 e. The molecule has 3 rings (SSSR count). The average Bonchev–Trinajstić information content (AvgIpc) is 2.70. The minimum Gasteiger partial charge on any atom is -0.507 e. The average molecular weight is 359 g/mol. The first kappa shape index (κ1) is 17.9. The Morgan fingerprint density at radius 2 is 1.44 bits per heavy atom. The monoisotopic (exact) mass is 359 g/mol. The number of para-hydroxylation sites is 1. The molecule has 0 saturated heterocycles. The minimum absolute atomic E-state index is 0.0589. The Labute approximate surface area is 156 Å². The SMILES string of the molecule is O=C(O)C(=Cc1cccc(-c2ccccc2)c1O)NC(=O)c1ccccc1. The molecule has 0 aromatic heterocycles. The van der Waals surface area contributed by atoms with Crippen LogP contribution in [0.25, 0.3) is 17.2 Å². The van der Waals surface area contributed by atoms with Crippen LogP contribution in [0.4, 0.5) is 0 Å². The van der Waals surface area contributed by atoms with Crippen LogP contribution in [0.1, 0.15) is 15.9 Å². The molecule has 27 heavy (non-hydrogen) atoms. The summed E-state index contributed by atoms with van der Waals surface area (Å²) in [7, 11) is 0. The fourth-order valence-electron chi connectivity index (χ4n) is 2.62. The van der Waals surface area contributed by atoms with Crippen molar-refractivity contribution >= 4 is 18.0 Å². The third-order valence-corrected chi connectivity index (χ3v) is 3.97. The Bertz CT molecular complexity index is 995. The number of phenolic OH excluding ortho intramolecular Hbond substituents is 1. The van der Waals surface area contributed by atoms with Crippen LogP contribution in [0.5, 0.6) is 5.75 Å². The second-order valence-electron chi connectivity index (χ2n) is 5.79. The molecule has 0 saturated carbocycles. The molecule has 5 nitrogen and oxygen atoms in total. The number of carbonyl (C=O) groups excluding carboxylic acids is 1. The largest absolute Gasteiger partial charge is 0.507 e. The highest BCUT2D eigenvalue weighted by Crippen LogP contribution is 2.33. The highest BCUT2D eigenvalue weighted by Gasteiger charge is 2.15. The van der Waals surface area contributed by atoms with Crippen molar-refractivity contribution in [1.29, 1.82) is 0 Å². The van der Waals surface area contributed by atoms with Gasteiger partial charge in [-0.25, -0.2) is 4.79 Å². The first-order valence-electron chi connectivity index (χ1n) is 8.25. The molecule has 0 aliphatic heterocycles. The quantitative estimate of drug-likeness (QED) is 0.603. The molecule has 3 aromatic rings. The number of carboxylic acid groups (broad SMARTS) is 1. The van der Waals surface area contributed by atoms with Crippen LogP contribution >= 0.6 is 0 Å². The Kier molecular flexibility index (Phi) is 5.33. The van der Waals surface area contributed by atoms with E-state index in [4.69, 9.17) is 0 Å². The van der Waals surface area contributed by atoms with Gasteiger partial charge in [0.15, 0.2) is 0 Å². The number of benzene rings is 3. The van der Waals surface area contributed by atoms with Crippen molar-refractivity contribution < 1.29 is 19.8 Å². The molecule has 0 unspecified atom stereocenters. The maximum atomic E-state index is 12.2. The molecule has 0 spiro atoms. The lowest BCUT2D eigenvalue weighted by Gasteiger charge is -2.10. The predicted molar refractivity (Wildman–Crippen MR) is 103 cm³/mol. The lowest BCUT2D eigenvalue weighted by Crippen LogP contribution is -2.27. The first-order valence-corrected chi connectivity index (χ1v) is 8.25. The molecule has 1 amide bonds. The molecule has 0 bridgehead atoms. The lowest BCUT2D eigenvalue weighted by molar-refractivity contribution is -0.132. The molecular weight excluding hydrogens is 342 g/mol. The summed E-state index contributed by atoms with van der Waals surface area (Å²) in [5.74, 6) is -1.90. The lowest BCUT2D eigenvalue weighted by atomic mass is 10.0. The van der Waals surface area contributed by atoms with Gasteiger partial charge in [0.05, 0.1) is 0 Å². The number of carbonyl (C=O) groups is 2. The smallest absolute Gasteiger partial charge is 0.352 e. The third-order valence-electron chi connectivity index (χ3n) is 3.97. The highest BCUT2D eigenvalue weighted by molar-refractivity contribution is 6.03. The van der Waals surface area contributed by atoms with Crippen molar-refractivity contribution in [2.24, 2.45) is 0 Å². The molecule has 5 heteroatoms. The molecule has 0 radical (unpaired) electrons. The number of hydrogen-bond donors (Lipinski definition) is 3. The number of carboxylic acids is 1. The third kappa shape index (κ3) is 4.22. The van der Waals surface area contributed by atoms with Gasteiger partial charge >= 0.3 is 5.97 Å². The van der Waals surface area contributed by atoms with E-state index < -0.39 is 11.9 Å². The number of nitrogens with one attached hydrogen (secondary N) is 1. The molecule has 0 atom stereocenters. The van der Waals surface area contributed by atoms with Crippen LogP contribution in [0.15, 0.2) is 84.6 Å². The van der Waals surface area contributed by atoms with Crippen molar-refractivity contribution in [2.75, 3.05) is 0 Å². The van der Waals surface area contributed by atoms with Gasteiger partial charge in [-0.2, -0.15) is 0 Å². The van der Waals surface area contributed by atoms with Gasteiger partial charge in [-0.3, -0.25) is 4.79 Å². The van der Waals surface area contributed by atoms with Gasteiger partial charge in [0.2, 0.25) is 0 Å². The molecule has 0 aliphatic carbocycles. The highest BCUT2D eigenvalue weighted by atomic mass is 16.4. The van der Waals surface area contributed by atoms with Gasteiger partial charge in [0.25, 0.3) is 5.91 Å². The summed E-state index contributed by atoms with van der Waals surface area (Å²) >= 11 is 0. The number of aromatic hydroxyl groups is 1. The number of amides is 1. The van der Waals surface area contributed by atoms with Crippen molar-refractivity contribution in [3.8, 4) is 16.9 Å². The zero-order chi connectivity index (χ0) is 19.2. The van der Waals surface area contributed by atoms with Gasteiger partial charge in [0, 0.05) is 16.7 Å². The van der Waals surface area contributed by atoms with Crippen molar-refractivity contribution in [2.45, 2.75) is 0 Å². The van der Waals surface area contributed by atoms with Gasteiger partial charge in [-0.05, 0) is 23.8 Å². The van der Waals surface area contributed by atoms with Crippen LogP contribution in [-0.4, -0.2) is 22.1 Å². The Hall–Kier alpha value is -3.86. The summed E-state index contributed by atoms with van der Waals surface area (Å²) in [5, 5.41) is 22.4. The van der Waals surface area contributed by atoms with E-state index in [0.717, 1.165) is 5.56 Å². The molecule has 134 valence electrons. The number of aliphatic carboxylic acids is 1. The van der Waals surface area contributed by atoms with E-state index in [1.807, 2.05) is 30.3 Å². The first-order chi connectivity index (χ1) is 13.1. The number of rotatable bonds is 5. The molecule has 3 N–H and O–H groups in total. The summed E-state index contributed by atoms with van der Waals surface area (Å²) in [6, 6.07) is 22.6. The van der Waals surface area contributed by atoms with E-state index in [1.54, 1.807) is 48.5 Å². The van der Waals surface area contributed by atoms with Gasteiger partial charge < -0.3 is 15.5 Å². The zero-order valence-corrected chi connectivity index (χ0v) is 14.3. The molecule has 0 aliphatic rings. The summed E-state index contributed by atoms with van der Waals surface area (Å²) in [6.07, 6.45) is 1.24. The normalized spacial score (nSPS) is 11.0. The van der Waals surface area contributed by atoms with Crippen LogP contribution in [0, 0.1) is 0 Å². The van der Waals surface area contributed by atoms with Gasteiger partial charge in [0.1, 0.15) is 11.4 Å². The molecule has 0 fully saturated rings. The number of phenols is 1. The van der Waals surface area contributed by atoms with E-state index in [2.05, 4.69) is 5.32 Å². The van der Waals surface area contributed by atoms with Crippen molar-refractivity contribution in [1.82, 2.24) is 5.32 Å². The van der Waals surface area contributed by atoms with Crippen LogP contribution in [0.3, 0.4) is 0 Å². The standard InChI is InChI=1S/C22H17NO4/c24-20-17(12-7-13-18(20)15-8-3-1-4-9-15)14-19(22(26)27)23-21(25)16-10-5-2-6-11-16/h1-14,24H,(H,23,25)(H,26,27). The van der Waals surface area contributed by atoms with E-state index in [1.165, 1.54) is 6.08 Å². The Balaban J connectivity index is 1.95. The topological polar surface area (TPSA) is 86.6 Å². The van der Waals surface area contributed by atoms with E-state index in [9.17, 15) is 19.8 Å². The van der Waals surface area contributed by atoms with E-state index in [0.29, 0.717) is 16.7 Å². The fraction of sp³-hybridized carbons (Fsp3) is 0. The predicted octanol–water partition coefficient (Wildman–Crippen LogP) is 3.91.